The SMILES string of the molecule is COc1ccc(CCCNC(=O)c2ccc(OC)c(S(=O)(=O)N3CC(C)CC(C)C3)c2)cc1. The van der Waals surface area contributed by atoms with E-state index in [1.165, 1.54) is 17.5 Å². The lowest BCUT2D eigenvalue weighted by molar-refractivity contribution is 0.0953. The van der Waals surface area contributed by atoms with Gasteiger partial charge in [0.05, 0.1) is 14.2 Å². The first-order valence-electron chi connectivity index (χ1n) is 11.3. The van der Waals surface area contributed by atoms with Crippen LogP contribution in [0.15, 0.2) is 47.4 Å². The minimum Gasteiger partial charge on any atom is -0.497 e. The molecular weight excluding hydrogens is 440 g/mol. The summed E-state index contributed by atoms with van der Waals surface area (Å²) in [5, 5.41) is 2.89. The fourth-order valence-corrected chi connectivity index (χ4v) is 6.21. The van der Waals surface area contributed by atoms with E-state index in [0.29, 0.717) is 25.2 Å². The number of aryl methyl sites for hydroxylation is 1. The summed E-state index contributed by atoms with van der Waals surface area (Å²) in [5.41, 5.74) is 1.46. The molecule has 2 atom stereocenters. The van der Waals surface area contributed by atoms with Gasteiger partial charge in [0.2, 0.25) is 10.0 Å². The van der Waals surface area contributed by atoms with Gasteiger partial charge in [-0.2, -0.15) is 4.31 Å². The summed E-state index contributed by atoms with van der Waals surface area (Å²) < 4.78 is 38.8. The Morgan fingerprint density at radius 2 is 1.70 bits per heavy atom. The highest BCUT2D eigenvalue weighted by Gasteiger charge is 2.34. The number of hydrogen-bond donors (Lipinski definition) is 1. The number of nitrogens with zero attached hydrogens (tertiary/aromatic N) is 1. The molecule has 2 unspecified atom stereocenters. The third kappa shape index (κ3) is 6.26. The van der Waals surface area contributed by atoms with Crippen molar-refractivity contribution in [1.82, 2.24) is 9.62 Å². The molecule has 0 spiro atoms. The third-order valence-electron chi connectivity index (χ3n) is 5.97. The predicted octanol–water partition coefficient (Wildman–Crippen LogP) is 3.73. The third-order valence-corrected chi connectivity index (χ3v) is 7.82. The summed E-state index contributed by atoms with van der Waals surface area (Å²) in [6.07, 6.45) is 2.59. The molecule has 1 aliphatic rings. The lowest BCUT2D eigenvalue weighted by Crippen LogP contribution is -2.42. The Kier molecular flexibility index (Phi) is 8.37. The summed E-state index contributed by atoms with van der Waals surface area (Å²) in [7, 11) is -0.703. The molecule has 0 radical (unpaired) electrons. The van der Waals surface area contributed by atoms with Crippen LogP contribution in [0.1, 0.15) is 42.6 Å². The van der Waals surface area contributed by atoms with E-state index >= 15 is 0 Å². The largest absolute Gasteiger partial charge is 0.497 e. The molecule has 8 heteroatoms. The molecule has 0 aliphatic carbocycles. The number of nitrogens with one attached hydrogen (secondary N) is 1. The molecule has 1 heterocycles. The van der Waals surface area contributed by atoms with Crippen LogP contribution in [0.3, 0.4) is 0 Å². The topological polar surface area (TPSA) is 84.9 Å². The van der Waals surface area contributed by atoms with E-state index in [1.807, 2.05) is 24.3 Å². The Hall–Kier alpha value is -2.58. The average Bonchev–Trinajstić information content (AvgIpc) is 2.81. The lowest BCUT2D eigenvalue weighted by atomic mass is 9.94. The second kappa shape index (κ2) is 11.0. The zero-order chi connectivity index (χ0) is 24.0. The van der Waals surface area contributed by atoms with Crippen molar-refractivity contribution in [2.24, 2.45) is 11.8 Å². The highest BCUT2D eigenvalue weighted by atomic mass is 32.2. The van der Waals surface area contributed by atoms with Crippen LogP contribution in [0, 0.1) is 11.8 Å². The van der Waals surface area contributed by atoms with Crippen molar-refractivity contribution in [2.45, 2.75) is 38.0 Å². The highest BCUT2D eigenvalue weighted by molar-refractivity contribution is 7.89. The maximum Gasteiger partial charge on any atom is 0.251 e. The van der Waals surface area contributed by atoms with Gasteiger partial charge in [-0.05, 0) is 67.0 Å². The summed E-state index contributed by atoms with van der Waals surface area (Å²) in [6.45, 7) is 5.55. The molecule has 33 heavy (non-hydrogen) atoms. The first kappa shape index (κ1) is 25.1. The van der Waals surface area contributed by atoms with Gasteiger partial charge in [-0.25, -0.2) is 8.42 Å². The van der Waals surface area contributed by atoms with Gasteiger partial charge in [0.1, 0.15) is 16.4 Å². The van der Waals surface area contributed by atoms with Crippen molar-refractivity contribution >= 4 is 15.9 Å². The van der Waals surface area contributed by atoms with Crippen LogP contribution < -0.4 is 14.8 Å². The first-order chi connectivity index (χ1) is 15.7. The molecule has 1 aliphatic heterocycles. The number of carbonyl (C=O) groups is 1. The zero-order valence-corrected chi connectivity index (χ0v) is 20.7. The summed E-state index contributed by atoms with van der Waals surface area (Å²) in [5.74, 6) is 1.32. The Bertz CT molecular complexity index is 1040. The minimum atomic E-state index is -3.78. The number of piperidine rings is 1. The van der Waals surface area contributed by atoms with Crippen molar-refractivity contribution in [3.05, 3.63) is 53.6 Å². The second-order valence-corrected chi connectivity index (χ2v) is 10.7. The van der Waals surface area contributed by atoms with E-state index in [0.717, 1.165) is 30.6 Å². The number of sulfonamides is 1. The van der Waals surface area contributed by atoms with Crippen molar-refractivity contribution in [1.29, 1.82) is 0 Å². The Balaban J connectivity index is 1.67. The quantitative estimate of drug-likeness (QED) is 0.560. The molecule has 2 aromatic rings. The van der Waals surface area contributed by atoms with Crippen molar-refractivity contribution in [2.75, 3.05) is 33.9 Å². The van der Waals surface area contributed by atoms with E-state index < -0.39 is 10.0 Å². The van der Waals surface area contributed by atoms with Crippen LogP contribution in [0.4, 0.5) is 0 Å². The second-order valence-electron chi connectivity index (χ2n) is 8.84. The smallest absolute Gasteiger partial charge is 0.251 e. The van der Waals surface area contributed by atoms with E-state index in [9.17, 15) is 13.2 Å². The fraction of sp³-hybridized carbons (Fsp3) is 0.480. The van der Waals surface area contributed by atoms with E-state index in [-0.39, 0.29) is 28.4 Å². The minimum absolute atomic E-state index is 0.0391. The van der Waals surface area contributed by atoms with Gasteiger partial charge < -0.3 is 14.8 Å². The van der Waals surface area contributed by atoms with Gasteiger partial charge in [0, 0.05) is 25.2 Å². The zero-order valence-electron chi connectivity index (χ0n) is 19.8. The summed E-state index contributed by atoms with van der Waals surface area (Å²) in [6, 6.07) is 12.4. The normalized spacial score (nSPS) is 19.2. The van der Waals surface area contributed by atoms with E-state index in [4.69, 9.17) is 9.47 Å². The molecule has 1 saturated heterocycles. The van der Waals surface area contributed by atoms with Crippen molar-refractivity contribution < 1.29 is 22.7 Å². The van der Waals surface area contributed by atoms with Crippen LogP contribution in [-0.2, 0) is 16.4 Å². The maximum absolute atomic E-state index is 13.4. The van der Waals surface area contributed by atoms with Crippen LogP contribution >= 0.6 is 0 Å². The molecule has 1 fully saturated rings. The number of rotatable bonds is 9. The first-order valence-corrected chi connectivity index (χ1v) is 12.8. The van der Waals surface area contributed by atoms with E-state index in [1.54, 1.807) is 19.2 Å². The van der Waals surface area contributed by atoms with Gasteiger partial charge >= 0.3 is 0 Å². The molecule has 0 bridgehead atoms. The van der Waals surface area contributed by atoms with Gasteiger partial charge in [-0.1, -0.05) is 26.0 Å². The Labute approximate surface area is 197 Å². The number of amides is 1. The fourth-order valence-electron chi connectivity index (χ4n) is 4.35. The van der Waals surface area contributed by atoms with Crippen LogP contribution in [-0.4, -0.2) is 52.5 Å². The average molecular weight is 475 g/mol. The molecule has 1 amide bonds. The number of carbonyl (C=O) groups excluding carboxylic acids is 1. The molecule has 7 nitrogen and oxygen atoms in total. The molecule has 1 N–H and O–H groups in total. The van der Waals surface area contributed by atoms with Crippen LogP contribution in [0.5, 0.6) is 11.5 Å². The Morgan fingerprint density at radius 3 is 2.30 bits per heavy atom. The van der Waals surface area contributed by atoms with Gasteiger partial charge in [0.15, 0.2) is 0 Å². The molecule has 180 valence electrons. The van der Waals surface area contributed by atoms with Crippen molar-refractivity contribution in [3.63, 3.8) is 0 Å². The highest BCUT2D eigenvalue weighted by Crippen LogP contribution is 2.32. The number of hydrogen-bond acceptors (Lipinski definition) is 5. The molecular formula is C25H34N2O5S. The maximum atomic E-state index is 13.4. The van der Waals surface area contributed by atoms with Gasteiger partial charge in [-0.3, -0.25) is 4.79 Å². The molecule has 2 aromatic carbocycles. The summed E-state index contributed by atoms with van der Waals surface area (Å²) >= 11 is 0. The van der Waals surface area contributed by atoms with Crippen molar-refractivity contribution in [3.8, 4) is 11.5 Å². The van der Waals surface area contributed by atoms with Gasteiger partial charge in [-0.15, -0.1) is 0 Å². The molecule has 0 aromatic heterocycles. The monoisotopic (exact) mass is 474 g/mol. The molecule has 3 rings (SSSR count). The van der Waals surface area contributed by atoms with Crippen LogP contribution in [0.2, 0.25) is 0 Å². The summed E-state index contributed by atoms with van der Waals surface area (Å²) in [4.78, 5) is 12.8. The molecule has 0 saturated carbocycles. The number of benzene rings is 2. The Morgan fingerprint density at radius 1 is 1.03 bits per heavy atom. The number of ether oxygens (including phenoxy) is 2. The van der Waals surface area contributed by atoms with Crippen LogP contribution in [0.25, 0.3) is 0 Å². The lowest BCUT2D eigenvalue weighted by Gasteiger charge is -2.34. The predicted molar refractivity (Wildman–Crippen MR) is 128 cm³/mol. The van der Waals surface area contributed by atoms with Gasteiger partial charge in [0.25, 0.3) is 5.91 Å². The number of methoxy groups -OCH3 is 2. The standard InChI is InChI=1S/C25H34N2O5S/c1-18-14-19(2)17-27(16-18)33(29,30)24-15-21(9-12-23(24)32-4)25(28)26-13-5-6-20-7-10-22(31-3)11-8-20/h7-12,15,18-19H,5-6,13-14,16-17H2,1-4H3,(H,26,28). The van der Waals surface area contributed by atoms with E-state index in [2.05, 4.69) is 19.2 Å².